The predicted octanol–water partition coefficient (Wildman–Crippen LogP) is 3.84. The van der Waals surface area contributed by atoms with E-state index in [1.807, 2.05) is 0 Å². The Hall–Kier alpha value is -0.350. The van der Waals surface area contributed by atoms with Crippen molar-refractivity contribution in [2.24, 2.45) is 4.99 Å². The summed E-state index contributed by atoms with van der Waals surface area (Å²) in [6.45, 7) is 0. The molecule has 6 heteroatoms. The Morgan fingerprint density at radius 3 is 2.71 bits per heavy atom. The van der Waals surface area contributed by atoms with Gasteiger partial charge in [-0.15, -0.1) is 0 Å². The highest BCUT2D eigenvalue weighted by atomic mass is 79.9. The molecule has 0 atom stereocenters. The molecule has 0 amide bonds. The first-order valence-corrected chi connectivity index (χ1v) is 5.37. The third-order valence-electron chi connectivity index (χ3n) is 1.47. The molecule has 74 valence electrons. The minimum atomic E-state index is 0.307. The number of rotatable bonds is 2. The summed E-state index contributed by atoms with van der Waals surface area (Å²) < 4.78 is 6.27. The number of hydrogen-bond acceptors (Lipinski definition) is 3. The summed E-state index contributed by atoms with van der Waals surface area (Å²) in [6, 6.07) is 1.60. The van der Waals surface area contributed by atoms with E-state index in [1.54, 1.807) is 6.07 Å². The number of hydrogen-bond donors (Lipinski definition) is 0. The molecule has 0 spiro atoms. The van der Waals surface area contributed by atoms with Crippen molar-refractivity contribution in [2.45, 2.75) is 0 Å². The number of benzene rings is 1. The Balaban J connectivity index is 3.51. The quantitative estimate of drug-likeness (QED) is 0.605. The molecule has 0 unspecified atom stereocenters. The van der Waals surface area contributed by atoms with E-state index in [1.165, 1.54) is 13.2 Å². The normalized spacial score (nSPS) is 9.43. The van der Waals surface area contributed by atoms with Gasteiger partial charge in [-0.1, -0.05) is 11.6 Å². The van der Waals surface area contributed by atoms with Crippen LogP contribution in [0.5, 0.6) is 5.75 Å². The van der Waals surface area contributed by atoms with E-state index in [9.17, 15) is 4.79 Å². The fraction of sp³-hybridized carbons (Fsp3) is 0.125. The zero-order valence-corrected chi connectivity index (χ0v) is 10.9. The van der Waals surface area contributed by atoms with Gasteiger partial charge in [-0.05, 0) is 37.9 Å². The number of aliphatic imine (C=N–C) groups is 1. The van der Waals surface area contributed by atoms with Crippen LogP contribution in [0.3, 0.4) is 0 Å². The first-order valence-electron chi connectivity index (χ1n) is 3.41. The minimum absolute atomic E-state index is 0.307. The molecule has 0 fully saturated rings. The van der Waals surface area contributed by atoms with Crippen molar-refractivity contribution < 1.29 is 9.53 Å². The molecule has 0 radical (unpaired) electrons. The standard InChI is InChI=1S/C8H4Br2ClNO2/c1-14-8-4(9)2-5(11)7(6(8)10)12-3-13/h2H,1H3. The fourth-order valence-corrected chi connectivity index (χ4v) is 2.92. The van der Waals surface area contributed by atoms with E-state index >= 15 is 0 Å². The first kappa shape index (κ1) is 11.7. The second-order valence-electron chi connectivity index (χ2n) is 2.24. The predicted molar refractivity (Wildman–Crippen MR) is 61.2 cm³/mol. The fourth-order valence-electron chi connectivity index (χ4n) is 0.898. The molecule has 1 aromatic carbocycles. The minimum Gasteiger partial charge on any atom is -0.494 e. The molecule has 0 aliphatic rings. The van der Waals surface area contributed by atoms with Gasteiger partial charge in [-0.3, -0.25) is 0 Å². The topological polar surface area (TPSA) is 38.7 Å². The Kier molecular flexibility index (Phi) is 4.13. The average Bonchev–Trinajstić information content (AvgIpc) is 2.12. The Morgan fingerprint density at radius 2 is 2.21 bits per heavy atom. The van der Waals surface area contributed by atoms with Gasteiger partial charge in [0.1, 0.15) is 11.4 Å². The van der Waals surface area contributed by atoms with Crippen molar-refractivity contribution in [3.8, 4) is 5.75 Å². The molecule has 0 heterocycles. The lowest BCUT2D eigenvalue weighted by Crippen LogP contribution is -1.87. The molecule has 0 bridgehead atoms. The smallest absolute Gasteiger partial charge is 0.240 e. The van der Waals surface area contributed by atoms with Gasteiger partial charge in [0.2, 0.25) is 6.08 Å². The van der Waals surface area contributed by atoms with Crippen molar-refractivity contribution in [1.29, 1.82) is 0 Å². The molecule has 0 aliphatic heterocycles. The highest BCUT2D eigenvalue weighted by molar-refractivity contribution is 9.11. The summed E-state index contributed by atoms with van der Waals surface area (Å²) in [7, 11) is 1.51. The van der Waals surface area contributed by atoms with E-state index in [0.29, 0.717) is 25.4 Å². The molecule has 0 saturated carbocycles. The van der Waals surface area contributed by atoms with Crippen LogP contribution in [0.15, 0.2) is 20.0 Å². The van der Waals surface area contributed by atoms with Gasteiger partial charge in [0.25, 0.3) is 0 Å². The molecule has 1 aromatic rings. The SMILES string of the molecule is COc1c(Br)cc(Cl)c(N=C=O)c1Br. The van der Waals surface area contributed by atoms with Crippen LogP contribution in [0.25, 0.3) is 0 Å². The molecular weight excluding hydrogens is 337 g/mol. The molecule has 0 saturated heterocycles. The molecular formula is C8H4Br2ClNO2. The van der Waals surface area contributed by atoms with E-state index in [0.717, 1.165) is 0 Å². The van der Waals surface area contributed by atoms with Crippen LogP contribution >= 0.6 is 43.5 Å². The van der Waals surface area contributed by atoms with Crippen LogP contribution in [-0.4, -0.2) is 13.2 Å². The van der Waals surface area contributed by atoms with Crippen LogP contribution in [0.4, 0.5) is 5.69 Å². The number of nitrogens with zero attached hydrogens (tertiary/aromatic N) is 1. The Morgan fingerprint density at radius 1 is 1.57 bits per heavy atom. The summed E-state index contributed by atoms with van der Waals surface area (Å²) in [6.07, 6.45) is 1.43. The van der Waals surface area contributed by atoms with Gasteiger partial charge in [0.05, 0.1) is 21.1 Å². The zero-order valence-electron chi connectivity index (χ0n) is 6.97. The van der Waals surface area contributed by atoms with E-state index < -0.39 is 0 Å². The van der Waals surface area contributed by atoms with E-state index in [4.69, 9.17) is 16.3 Å². The number of ether oxygens (including phenoxy) is 1. The maximum atomic E-state index is 10.1. The Labute approximate surface area is 102 Å². The molecule has 3 nitrogen and oxygen atoms in total. The lowest BCUT2D eigenvalue weighted by molar-refractivity contribution is 0.409. The van der Waals surface area contributed by atoms with Gasteiger partial charge >= 0.3 is 0 Å². The monoisotopic (exact) mass is 339 g/mol. The van der Waals surface area contributed by atoms with E-state index in [2.05, 4.69) is 36.9 Å². The van der Waals surface area contributed by atoms with Gasteiger partial charge in [0.15, 0.2) is 0 Å². The van der Waals surface area contributed by atoms with Crippen LogP contribution in [0.2, 0.25) is 5.02 Å². The summed E-state index contributed by atoms with van der Waals surface area (Å²) in [5.41, 5.74) is 0.307. The first-order chi connectivity index (χ1) is 6.61. The molecule has 0 N–H and O–H groups in total. The van der Waals surface area contributed by atoms with Crippen molar-refractivity contribution in [3.05, 3.63) is 20.0 Å². The average molecular weight is 341 g/mol. The summed E-state index contributed by atoms with van der Waals surface area (Å²) >= 11 is 12.4. The van der Waals surface area contributed by atoms with Crippen LogP contribution in [0, 0.1) is 0 Å². The third-order valence-corrected chi connectivity index (χ3v) is 3.08. The van der Waals surface area contributed by atoms with Crippen LogP contribution < -0.4 is 4.74 Å². The summed E-state index contributed by atoms with van der Waals surface area (Å²) in [4.78, 5) is 13.6. The number of halogens is 3. The van der Waals surface area contributed by atoms with Crippen molar-refractivity contribution in [2.75, 3.05) is 7.11 Å². The molecule has 1 rings (SSSR count). The van der Waals surface area contributed by atoms with Gasteiger partial charge in [-0.2, -0.15) is 4.99 Å². The second kappa shape index (κ2) is 4.94. The molecule has 14 heavy (non-hydrogen) atoms. The Bertz CT molecular complexity index is 416. The van der Waals surface area contributed by atoms with Crippen molar-refractivity contribution in [3.63, 3.8) is 0 Å². The summed E-state index contributed by atoms with van der Waals surface area (Å²) in [5, 5.41) is 0.341. The van der Waals surface area contributed by atoms with Gasteiger partial charge in [-0.25, -0.2) is 4.79 Å². The lowest BCUT2D eigenvalue weighted by Gasteiger charge is -2.08. The van der Waals surface area contributed by atoms with Gasteiger partial charge in [0, 0.05) is 0 Å². The van der Waals surface area contributed by atoms with Crippen molar-refractivity contribution >= 4 is 55.2 Å². The maximum Gasteiger partial charge on any atom is 0.240 e. The van der Waals surface area contributed by atoms with Gasteiger partial charge < -0.3 is 4.74 Å². The third kappa shape index (κ3) is 2.17. The lowest BCUT2D eigenvalue weighted by atomic mass is 10.3. The second-order valence-corrected chi connectivity index (χ2v) is 4.29. The van der Waals surface area contributed by atoms with E-state index in [-0.39, 0.29) is 0 Å². The molecule has 0 aliphatic carbocycles. The summed E-state index contributed by atoms with van der Waals surface area (Å²) in [5.74, 6) is 0.531. The van der Waals surface area contributed by atoms with Crippen LogP contribution in [0.1, 0.15) is 0 Å². The highest BCUT2D eigenvalue weighted by Gasteiger charge is 2.14. The number of isocyanates is 1. The number of methoxy groups -OCH3 is 1. The molecule has 0 aromatic heterocycles. The van der Waals surface area contributed by atoms with Crippen molar-refractivity contribution in [1.82, 2.24) is 0 Å². The zero-order chi connectivity index (χ0) is 10.7. The van der Waals surface area contributed by atoms with Crippen LogP contribution in [-0.2, 0) is 4.79 Å². The maximum absolute atomic E-state index is 10.1. The largest absolute Gasteiger partial charge is 0.494 e. The highest BCUT2D eigenvalue weighted by Crippen LogP contribution is 2.44. The number of carbonyl (C=O) groups excluding carboxylic acids is 1.